The molecule has 2 heterocycles. The van der Waals surface area contributed by atoms with Gasteiger partial charge in [-0.3, -0.25) is 9.59 Å². The largest absolute Gasteiger partial charge is 0.343 e. The van der Waals surface area contributed by atoms with Crippen molar-refractivity contribution in [2.75, 3.05) is 6.54 Å². The molecule has 0 spiro atoms. The van der Waals surface area contributed by atoms with Gasteiger partial charge in [0.25, 0.3) is 0 Å². The van der Waals surface area contributed by atoms with Gasteiger partial charge in [-0.15, -0.1) is 10.2 Å². The van der Waals surface area contributed by atoms with Crippen molar-refractivity contribution in [3.63, 3.8) is 0 Å². The lowest BCUT2D eigenvalue weighted by Gasteiger charge is -2.31. The normalized spacial score (nSPS) is 20.6. The van der Waals surface area contributed by atoms with E-state index in [4.69, 9.17) is 0 Å². The van der Waals surface area contributed by atoms with Crippen molar-refractivity contribution in [3.05, 3.63) is 5.82 Å². The molecule has 2 rings (SSSR count). The van der Waals surface area contributed by atoms with Crippen LogP contribution in [0.5, 0.6) is 0 Å². The van der Waals surface area contributed by atoms with Crippen LogP contribution in [-0.2, 0) is 23.2 Å². The third kappa shape index (κ3) is 2.40. The van der Waals surface area contributed by atoms with Crippen molar-refractivity contribution in [1.82, 2.24) is 30.4 Å². The molecule has 1 unspecified atom stereocenters. The zero-order valence-electron chi connectivity index (χ0n) is 9.75. The minimum atomic E-state index is -0.437. The van der Waals surface area contributed by atoms with Crippen molar-refractivity contribution >= 4 is 11.8 Å². The average Bonchev–Trinajstić information content (AvgIpc) is 2.69. The van der Waals surface area contributed by atoms with E-state index in [0.29, 0.717) is 12.2 Å². The first-order chi connectivity index (χ1) is 8.10. The summed E-state index contributed by atoms with van der Waals surface area (Å²) in [7, 11) is 1.65. The first-order valence-electron chi connectivity index (χ1n) is 5.41. The van der Waals surface area contributed by atoms with Gasteiger partial charge in [-0.25, -0.2) is 0 Å². The molecular weight excluding hydrogens is 224 g/mol. The SMILES string of the molecule is CCC1NC(=O)CN(Cc2nnn(C)n2)C1=O. The summed E-state index contributed by atoms with van der Waals surface area (Å²) >= 11 is 0. The number of carbonyl (C=O) groups is 2. The molecule has 8 heteroatoms. The van der Waals surface area contributed by atoms with Crippen LogP contribution in [0.25, 0.3) is 0 Å². The Kier molecular flexibility index (Phi) is 3.03. The number of carbonyl (C=O) groups excluding carboxylic acids is 2. The Balaban J connectivity index is 2.09. The van der Waals surface area contributed by atoms with Gasteiger partial charge in [-0.05, 0) is 11.6 Å². The molecule has 1 N–H and O–H groups in total. The third-order valence-corrected chi connectivity index (χ3v) is 2.57. The van der Waals surface area contributed by atoms with E-state index in [9.17, 15) is 9.59 Å². The van der Waals surface area contributed by atoms with Gasteiger partial charge in [-0.1, -0.05) is 6.92 Å². The predicted octanol–water partition coefficient (Wildman–Crippen LogP) is -1.55. The first kappa shape index (κ1) is 11.5. The zero-order valence-corrected chi connectivity index (χ0v) is 9.75. The number of aryl methyl sites for hydroxylation is 1. The fourth-order valence-corrected chi connectivity index (χ4v) is 1.74. The van der Waals surface area contributed by atoms with Gasteiger partial charge in [-0.2, -0.15) is 4.80 Å². The van der Waals surface area contributed by atoms with Crippen molar-refractivity contribution in [2.45, 2.75) is 25.9 Å². The second-order valence-electron chi connectivity index (χ2n) is 3.92. The van der Waals surface area contributed by atoms with Crippen LogP contribution < -0.4 is 5.32 Å². The molecule has 1 aliphatic rings. The van der Waals surface area contributed by atoms with E-state index < -0.39 is 6.04 Å². The Bertz CT molecular complexity index is 442. The fourth-order valence-electron chi connectivity index (χ4n) is 1.74. The molecule has 1 aromatic rings. The third-order valence-electron chi connectivity index (χ3n) is 2.57. The molecule has 0 bridgehead atoms. The van der Waals surface area contributed by atoms with E-state index in [-0.39, 0.29) is 24.9 Å². The molecule has 1 aliphatic heterocycles. The monoisotopic (exact) mass is 238 g/mol. The number of hydrogen-bond donors (Lipinski definition) is 1. The Morgan fingerprint density at radius 1 is 1.47 bits per heavy atom. The lowest BCUT2D eigenvalue weighted by Crippen LogP contribution is -2.57. The van der Waals surface area contributed by atoms with Gasteiger partial charge in [0.1, 0.15) is 12.6 Å². The van der Waals surface area contributed by atoms with E-state index in [1.807, 2.05) is 6.92 Å². The standard InChI is InChI=1S/C9H14N6O2/c1-3-6-9(17)15(5-8(16)10-6)4-7-11-13-14(2)12-7/h6H,3-5H2,1-2H3,(H,10,16). The maximum absolute atomic E-state index is 11.9. The average molecular weight is 238 g/mol. The smallest absolute Gasteiger partial charge is 0.246 e. The first-order valence-corrected chi connectivity index (χ1v) is 5.41. The van der Waals surface area contributed by atoms with Gasteiger partial charge >= 0.3 is 0 Å². The minimum absolute atomic E-state index is 0.0492. The van der Waals surface area contributed by atoms with E-state index in [1.165, 1.54) is 9.70 Å². The molecule has 0 radical (unpaired) electrons. The highest BCUT2D eigenvalue weighted by atomic mass is 16.2. The highest BCUT2D eigenvalue weighted by Crippen LogP contribution is 2.08. The number of aromatic nitrogens is 4. The Hall–Kier alpha value is -1.99. The summed E-state index contributed by atoms with van der Waals surface area (Å²) < 4.78 is 0. The molecule has 1 aromatic heterocycles. The second kappa shape index (κ2) is 4.48. The van der Waals surface area contributed by atoms with Gasteiger partial charge < -0.3 is 10.2 Å². The summed E-state index contributed by atoms with van der Waals surface area (Å²) in [4.78, 5) is 26.1. The number of tetrazole rings is 1. The number of rotatable bonds is 3. The Morgan fingerprint density at radius 3 is 2.82 bits per heavy atom. The molecule has 0 aliphatic carbocycles. The molecule has 1 saturated heterocycles. The van der Waals surface area contributed by atoms with Gasteiger partial charge in [0.15, 0.2) is 5.82 Å². The zero-order chi connectivity index (χ0) is 12.4. The quantitative estimate of drug-likeness (QED) is 0.688. The fraction of sp³-hybridized carbons (Fsp3) is 0.667. The van der Waals surface area contributed by atoms with Crippen LogP contribution in [0.3, 0.4) is 0 Å². The van der Waals surface area contributed by atoms with Crippen LogP contribution in [0.1, 0.15) is 19.2 Å². The number of nitrogens with zero attached hydrogens (tertiary/aromatic N) is 5. The number of piperazine rings is 1. The van der Waals surface area contributed by atoms with Crippen LogP contribution in [0.15, 0.2) is 0 Å². The summed E-state index contributed by atoms with van der Waals surface area (Å²) in [5, 5.41) is 14.1. The van der Waals surface area contributed by atoms with Gasteiger partial charge in [0, 0.05) is 0 Å². The van der Waals surface area contributed by atoms with Crippen LogP contribution in [0.4, 0.5) is 0 Å². The molecule has 1 fully saturated rings. The van der Waals surface area contributed by atoms with Crippen molar-refractivity contribution in [2.24, 2.45) is 7.05 Å². The summed E-state index contributed by atoms with van der Waals surface area (Å²) in [5.74, 6) is 0.185. The van der Waals surface area contributed by atoms with E-state index >= 15 is 0 Å². The molecule has 17 heavy (non-hydrogen) atoms. The van der Waals surface area contributed by atoms with Crippen LogP contribution in [0, 0.1) is 0 Å². The molecule has 92 valence electrons. The molecule has 2 amide bonds. The lowest BCUT2D eigenvalue weighted by molar-refractivity contribution is -0.145. The number of amides is 2. The Labute approximate surface area is 98.0 Å². The topological polar surface area (TPSA) is 93.0 Å². The molecule has 8 nitrogen and oxygen atoms in total. The van der Waals surface area contributed by atoms with Crippen molar-refractivity contribution < 1.29 is 9.59 Å². The number of hydrogen-bond acceptors (Lipinski definition) is 5. The molecule has 1 atom stereocenters. The predicted molar refractivity (Wildman–Crippen MR) is 56.4 cm³/mol. The van der Waals surface area contributed by atoms with Gasteiger partial charge in [0.2, 0.25) is 11.8 Å². The summed E-state index contributed by atoms with van der Waals surface area (Å²) in [6, 6.07) is -0.437. The summed E-state index contributed by atoms with van der Waals surface area (Å²) in [6.07, 6.45) is 0.578. The lowest BCUT2D eigenvalue weighted by atomic mass is 10.1. The summed E-state index contributed by atoms with van der Waals surface area (Å²) in [5.41, 5.74) is 0. The Morgan fingerprint density at radius 2 is 2.24 bits per heavy atom. The van der Waals surface area contributed by atoms with Crippen molar-refractivity contribution in [3.8, 4) is 0 Å². The second-order valence-corrected chi connectivity index (χ2v) is 3.92. The molecule has 0 aromatic carbocycles. The van der Waals surface area contributed by atoms with Gasteiger partial charge in [0.05, 0.1) is 13.6 Å². The van der Waals surface area contributed by atoms with Crippen LogP contribution >= 0.6 is 0 Å². The summed E-state index contributed by atoms with van der Waals surface area (Å²) in [6.45, 7) is 2.12. The van der Waals surface area contributed by atoms with E-state index in [1.54, 1.807) is 7.05 Å². The molecular formula is C9H14N6O2. The highest BCUT2D eigenvalue weighted by Gasteiger charge is 2.31. The highest BCUT2D eigenvalue weighted by molar-refractivity contribution is 5.94. The maximum atomic E-state index is 11.9. The van der Waals surface area contributed by atoms with Crippen molar-refractivity contribution in [1.29, 1.82) is 0 Å². The van der Waals surface area contributed by atoms with Crippen LogP contribution in [0.2, 0.25) is 0 Å². The van der Waals surface area contributed by atoms with Crippen LogP contribution in [-0.4, -0.2) is 49.5 Å². The van der Waals surface area contributed by atoms with E-state index in [2.05, 4.69) is 20.7 Å². The van der Waals surface area contributed by atoms with E-state index in [0.717, 1.165) is 0 Å². The maximum Gasteiger partial charge on any atom is 0.246 e. The minimum Gasteiger partial charge on any atom is -0.343 e. The molecule has 0 saturated carbocycles. The number of nitrogens with one attached hydrogen (secondary N) is 1.